The summed E-state index contributed by atoms with van der Waals surface area (Å²) in [5.74, 6) is 2.96. The van der Waals surface area contributed by atoms with Crippen molar-refractivity contribution in [1.82, 2.24) is 20.8 Å². The first-order chi connectivity index (χ1) is 10.3. The zero-order valence-electron chi connectivity index (χ0n) is 13.2. The van der Waals surface area contributed by atoms with Crippen LogP contribution in [0.3, 0.4) is 0 Å². The number of hydrogen-bond acceptors (Lipinski definition) is 4. The molecule has 0 spiro atoms. The molecule has 0 bridgehead atoms. The van der Waals surface area contributed by atoms with Crippen molar-refractivity contribution in [3.05, 3.63) is 11.7 Å². The Morgan fingerprint density at radius 1 is 1.29 bits per heavy atom. The van der Waals surface area contributed by atoms with Gasteiger partial charge < -0.3 is 15.2 Å². The van der Waals surface area contributed by atoms with Crippen LogP contribution in [0.2, 0.25) is 0 Å². The maximum atomic E-state index is 5.06. The highest BCUT2D eigenvalue weighted by molar-refractivity contribution is 5.79. The number of rotatable bonds is 6. The Morgan fingerprint density at radius 2 is 2.10 bits per heavy atom. The summed E-state index contributed by atoms with van der Waals surface area (Å²) in [7, 11) is 1.77. The lowest BCUT2D eigenvalue weighted by Crippen LogP contribution is -2.37. The van der Waals surface area contributed by atoms with Gasteiger partial charge in [0.25, 0.3) is 0 Å². The van der Waals surface area contributed by atoms with E-state index >= 15 is 0 Å². The van der Waals surface area contributed by atoms with E-state index in [9.17, 15) is 0 Å². The molecule has 21 heavy (non-hydrogen) atoms. The number of nitrogens with one attached hydrogen (secondary N) is 2. The molecule has 0 saturated heterocycles. The van der Waals surface area contributed by atoms with Crippen molar-refractivity contribution in [3.63, 3.8) is 0 Å². The lowest BCUT2D eigenvalue weighted by Gasteiger charge is -2.21. The minimum atomic E-state index is 0.503. The fourth-order valence-corrected chi connectivity index (χ4v) is 2.87. The van der Waals surface area contributed by atoms with E-state index in [1.54, 1.807) is 7.05 Å². The van der Waals surface area contributed by atoms with Crippen molar-refractivity contribution in [1.29, 1.82) is 0 Å². The SMILES string of the molecule is CN=C(NCCCC1CCCCC1)NCc1nc(C)no1. The van der Waals surface area contributed by atoms with E-state index in [-0.39, 0.29) is 0 Å². The van der Waals surface area contributed by atoms with Gasteiger partial charge in [-0.3, -0.25) is 4.99 Å². The van der Waals surface area contributed by atoms with Crippen LogP contribution in [0.5, 0.6) is 0 Å². The van der Waals surface area contributed by atoms with Gasteiger partial charge in [0.1, 0.15) is 0 Å². The van der Waals surface area contributed by atoms with E-state index in [1.165, 1.54) is 44.9 Å². The quantitative estimate of drug-likeness (QED) is 0.478. The summed E-state index contributed by atoms with van der Waals surface area (Å²) in [6, 6.07) is 0. The van der Waals surface area contributed by atoms with Crippen molar-refractivity contribution in [3.8, 4) is 0 Å². The summed E-state index contributed by atoms with van der Waals surface area (Å²) in [5, 5.41) is 10.3. The lowest BCUT2D eigenvalue weighted by atomic mass is 9.86. The zero-order chi connectivity index (χ0) is 14.9. The van der Waals surface area contributed by atoms with Crippen LogP contribution in [0.15, 0.2) is 9.52 Å². The zero-order valence-corrected chi connectivity index (χ0v) is 13.2. The van der Waals surface area contributed by atoms with E-state index in [1.807, 2.05) is 6.92 Å². The van der Waals surface area contributed by atoms with E-state index < -0.39 is 0 Å². The molecule has 2 N–H and O–H groups in total. The average Bonchev–Trinajstić information content (AvgIpc) is 2.93. The molecule has 0 aliphatic heterocycles. The molecule has 0 unspecified atom stereocenters. The summed E-state index contributed by atoms with van der Waals surface area (Å²) in [6.45, 7) is 3.27. The summed E-state index contributed by atoms with van der Waals surface area (Å²) in [4.78, 5) is 8.35. The van der Waals surface area contributed by atoms with E-state index in [2.05, 4.69) is 25.8 Å². The van der Waals surface area contributed by atoms with Gasteiger partial charge in [-0.25, -0.2) is 0 Å². The molecule has 1 aromatic heterocycles. The summed E-state index contributed by atoms with van der Waals surface area (Å²) < 4.78 is 5.06. The fourth-order valence-electron chi connectivity index (χ4n) is 2.87. The maximum Gasteiger partial charge on any atom is 0.246 e. The van der Waals surface area contributed by atoms with E-state index in [4.69, 9.17) is 4.52 Å². The van der Waals surface area contributed by atoms with Crippen LogP contribution < -0.4 is 10.6 Å². The van der Waals surface area contributed by atoms with Gasteiger partial charge in [0.05, 0.1) is 6.54 Å². The predicted octanol–water partition coefficient (Wildman–Crippen LogP) is 2.40. The summed E-state index contributed by atoms with van der Waals surface area (Å²) in [5.41, 5.74) is 0. The van der Waals surface area contributed by atoms with E-state index in [0.29, 0.717) is 18.3 Å². The van der Waals surface area contributed by atoms with Crippen molar-refractivity contribution in [2.24, 2.45) is 10.9 Å². The average molecular weight is 293 g/mol. The normalized spacial score (nSPS) is 17.0. The van der Waals surface area contributed by atoms with E-state index in [0.717, 1.165) is 18.4 Å². The highest BCUT2D eigenvalue weighted by Crippen LogP contribution is 2.26. The highest BCUT2D eigenvalue weighted by Gasteiger charge is 2.12. The third-order valence-corrected chi connectivity index (χ3v) is 4.01. The Bertz CT molecular complexity index is 437. The first-order valence-electron chi connectivity index (χ1n) is 8.01. The second-order valence-electron chi connectivity index (χ2n) is 5.73. The van der Waals surface area contributed by atoms with Gasteiger partial charge in [-0.1, -0.05) is 37.3 Å². The molecule has 1 aliphatic rings. The first kappa shape index (κ1) is 15.8. The van der Waals surface area contributed by atoms with Crippen molar-refractivity contribution >= 4 is 5.96 Å². The lowest BCUT2D eigenvalue weighted by molar-refractivity contribution is 0.332. The number of aromatic nitrogens is 2. The number of aliphatic imine (C=N–C) groups is 1. The third-order valence-electron chi connectivity index (χ3n) is 4.01. The predicted molar refractivity (Wildman–Crippen MR) is 83.0 cm³/mol. The number of aryl methyl sites for hydroxylation is 1. The van der Waals surface area contributed by atoms with Crippen LogP contribution >= 0.6 is 0 Å². The van der Waals surface area contributed by atoms with Crippen LogP contribution in [0, 0.1) is 12.8 Å². The summed E-state index contributed by atoms with van der Waals surface area (Å²) in [6.07, 6.45) is 9.64. The smallest absolute Gasteiger partial charge is 0.246 e. The molecule has 1 heterocycles. The standard InChI is InChI=1S/C15H27N5O/c1-12-19-14(21-20-12)11-18-15(16-2)17-10-6-9-13-7-4-3-5-8-13/h13H,3-11H2,1-2H3,(H2,16,17,18). The van der Waals surface area contributed by atoms with Crippen LogP contribution in [0.4, 0.5) is 0 Å². The topological polar surface area (TPSA) is 75.3 Å². The molecule has 6 nitrogen and oxygen atoms in total. The van der Waals surface area contributed by atoms with Crippen LogP contribution in [0.1, 0.15) is 56.7 Å². The van der Waals surface area contributed by atoms with Crippen LogP contribution in [-0.2, 0) is 6.54 Å². The molecule has 1 fully saturated rings. The molecule has 118 valence electrons. The Morgan fingerprint density at radius 3 is 2.76 bits per heavy atom. The van der Waals surface area contributed by atoms with Gasteiger partial charge >= 0.3 is 0 Å². The second kappa shape index (κ2) is 8.64. The third kappa shape index (κ3) is 5.73. The molecule has 1 aliphatic carbocycles. The van der Waals surface area contributed by atoms with Gasteiger partial charge in [-0.05, 0) is 25.7 Å². The van der Waals surface area contributed by atoms with Crippen molar-refractivity contribution in [2.75, 3.05) is 13.6 Å². The Balaban J connectivity index is 1.59. The molecule has 2 rings (SSSR count). The molecule has 0 amide bonds. The van der Waals surface area contributed by atoms with Gasteiger partial charge in [-0.15, -0.1) is 0 Å². The minimum Gasteiger partial charge on any atom is -0.356 e. The molecule has 1 saturated carbocycles. The largest absolute Gasteiger partial charge is 0.356 e. The second-order valence-corrected chi connectivity index (χ2v) is 5.73. The van der Waals surface area contributed by atoms with Gasteiger partial charge in [0.15, 0.2) is 11.8 Å². The van der Waals surface area contributed by atoms with Crippen LogP contribution in [0.25, 0.3) is 0 Å². The Kier molecular flexibility index (Phi) is 6.50. The number of hydrogen-bond donors (Lipinski definition) is 2. The molecule has 0 aromatic carbocycles. The molecular weight excluding hydrogens is 266 g/mol. The highest BCUT2D eigenvalue weighted by atomic mass is 16.5. The number of nitrogens with zero attached hydrogens (tertiary/aromatic N) is 3. The van der Waals surface area contributed by atoms with Crippen molar-refractivity contribution < 1.29 is 4.52 Å². The van der Waals surface area contributed by atoms with Gasteiger partial charge in [0.2, 0.25) is 5.89 Å². The summed E-state index contributed by atoms with van der Waals surface area (Å²) >= 11 is 0. The molecule has 0 atom stereocenters. The van der Waals surface area contributed by atoms with Gasteiger partial charge in [-0.2, -0.15) is 4.98 Å². The Hall–Kier alpha value is -1.59. The maximum absolute atomic E-state index is 5.06. The molecule has 6 heteroatoms. The van der Waals surface area contributed by atoms with Crippen molar-refractivity contribution in [2.45, 2.75) is 58.4 Å². The minimum absolute atomic E-state index is 0.503. The van der Waals surface area contributed by atoms with Crippen LogP contribution in [-0.4, -0.2) is 29.7 Å². The number of guanidine groups is 1. The molecule has 0 radical (unpaired) electrons. The molecular formula is C15H27N5O. The van der Waals surface area contributed by atoms with Gasteiger partial charge in [0, 0.05) is 13.6 Å². The fraction of sp³-hybridized carbons (Fsp3) is 0.800. The first-order valence-corrected chi connectivity index (χ1v) is 8.01. The molecule has 1 aromatic rings. The Labute approximate surface area is 126 Å². The monoisotopic (exact) mass is 293 g/mol.